The molecule has 0 saturated carbocycles. The van der Waals surface area contributed by atoms with Crippen LogP contribution in [0.5, 0.6) is 0 Å². The van der Waals surface area contributed by atoms with Gasteiger partial charge in [0.2, 0.25) is 0 Å². The van der Waals surface area contributed by atoms with Gasteiger partial charge < -0.3 is 0 Å². The molecule has 0 N–H and O–H groups in total. The van der Waals surface area contributed by atoms with Gasteiger partial charge in [-0.1, -0.05) is 0 Å². The molecule has 0 spiro atoms. The van der Waals surface area contributed by atoms with Gasteiger partial charge in [-0.25, -0.2) is 0 Å². The second-order valence-corrected chi connectivity index (χ2v) is 0. The molecule has 0 saturated heterocycles. The van der Waals surface area contributed by atoms with Gasteiger partial charge in [0.25, 0.3) is 0 Å². The Morgan fingerprint density at radius 2 is 1.00 bits per heavy atom. The molecule has 0 unspecified atom stereocenters. The Balaban J connectivity index is 0. The maximum atomic E-state index is 0. The van der Waals surface area contributed by atoms with Crippen LogP contribution in [0.1, 0.15) is 0 Å². The van der Waals surface area contributed by atoms with Crippen LogP contribution in [0.3, 0.4) is 0 Å². The SMILES string of the molecule is [AlH3].[CaH2].[MgH2].[Sc].[Zr]. The van der Waals surface area contributed by atoms with Crippen LogP contribution in [-0.2, 0) is 52.0 Å². The van der Waals surface area contributed by atoms with Gasteiger partial charge in [-0.05, 0) is 0 Å². The van der Waals surface area contributed by atoms with Gasteiger partial charge in [-0.2, -0.15) is 0 Å². The van der Waals surface area contributed by atoms with E-state index >= 15 is 0 Å². The van der Waals surface area contributed by atoms with Gasteiger partial charge in [0.1, 0.15) is 0 Å². The van der Waals surface area contributed by atoms with Crippen LogP contribution in [0.2, 0.25) is 0 Å². The molecule has 0 aromatic rings. The minimum atomic E-state index is 0. The van der Waals surface area contributed by atoms with Crippen molar-refractivity contribution >= 4 is 78.2 Å². The Hall–Kier alpha value is 4.31. The van der Waals surface area contributed by atoms with E-state index in [2.05, 4.69) is 0 Å². The molecule has 0 nitrogen and oxygen atoms in total. The van der Waals surface area contributed by atoms with E-state index in [4.69, 9.17) is 0 Å². The van der Waals surface area contributed by atoms with Crippen LogP contribution in [-0.4, -0.2) is 78.2 Å². The van der Waals surface area contributed by atoms with Crippen molar-refractivity contribution < 1.29 is 52.0 Å². The summed E-state index contributed by atoms with van der Waals surface area (Å²) in [7, 11) is 0. The van der Waals surface area contributed by atoms with E-state index in [1.54, 1.807) is 0 Å². The fourth-order valence-electron chi connectivity index (χ4n) is 0. The van der Waals surface area contributed by atoms with E-state index in [1.165, 1.54) is 0 Å². The van der Waals surface area contributed by atoms with Crippen LogP contribution in [0.15, 0.2) is 0 Å². The second kappa shape index (κ2) is 23.9. The first-order chi connectivity index (χ1) is 0. The number of hydrogen-bond donors (Lipinski definition) is 0. The van der Waals surface area contributed by atoms with E-state index in [0.717, 1.165) is 0 Å². The van der Waals surface area contributed by atoms with E-state index in [0.29, 0.717) is 0 Å². The van der Waals surface area contributed by atoms with Crippen molar-refractivity contribution in [2.24, 2.45) is 0 Å². The molecule has 0 atom stereocenters. The average molecular weight is 235 g/mol. The largest absolute Gasteiger partial charge is 0.316 e. The molecule has 0 aromatic heterocycles. The van der Waals surface area contributed by atoms with E-state index in [-0.39, 0.29) is 130 Å². The van der Waals surface area contributed by atoms with E-state index in [1.807, 2.05) is 0 Å². The van der Waals surface area contributed by atoms with Crippen LogP contribution in [0.4, 0.5) is 0 Å². The predicted molar refractivity (Wildman–Crippen MR) is 27.0 cm³/mol. The summed E-state index contributed by atoms with van der Waals surface area (Å²) >= 11 is 0. The summed E-state index contributed by atoms with van der Waals surface area (Å²) in [4.78, 5) is 0. The summed E-state index contributed by atoms with van der Waals surface area (Å²) in [6, 6.07) is 0. The molecular weight excluding hydrogens is 228 g/mol. The molecule has 21 valence electrons. The Bertz CT molecular complexity index is 11.6. The molecular formula is H7AlCaMgScZr. The van der Waals surface area contributed by atoms with Crippen LogP contribution in [0.25, 0.3) is 0 Å². The Labute approximate surface area is 127 Å². The molecule has 0 aliphatic heterocycles. The molecule has 0 fully saturated rings. The first kappa shape index (κ1) is 34.6. The molecule has 5 heteroatoms. The first-order valence-corrected chi connectivity index (χ1v) is 0. The molecule has 0 aliphatic carbocycles. The fourth-order valence-corrected chi connectivity index (χ4v) is 0. The molecule has 0 aliphatic rings. The maximum Gasteiger partial charge on any atom is 0.316 e. The van der Waals surface area contributed by atoms with E-state index in [9.17, 15) is 0 Å². The number of rotatable bonds is 0. The molecule has 0 bridgehead atoms. The maximum absolute atomic E-state index is 0. The second-order valence-electron chi connectivity index (χ2n) is 0. The zero-order valence-electron chi connectivity index (χ0n) is 1.08. The van der Waals surface area contributed by atoms with Crippen molar-refractivity contribution in [3.05, 3.63) is 0 Å². The topological polar surface area (TPSA) is 0 Å². The van der Waals surface area contributed by atoms with Crippen LogP contribution >= 0.6 is 0 Å². The van der Waals surface area contributed by atoms with Gasteiger partial charge in [0.15, 0.2) is 17.4 Å². The smallest absolute Gasteiger partial charge is 0 e. The summed E-state index contributed by atoms with van der Waals surface area (Å²) in [5, 5.41) is 0. The average Bonchev–Trinajstić information content (AvgIpc) is 0. The third-order valence-corrected chi connectivity index (χ3v) is 0. The Kier molecular flexibility index (Phi) is 165. The third kappa shape index (κ3) is 17.8. The first-order valence-electron chi connectivity index (χ1n) is 0. The molecule has 0 amide bonds. The third-order valence-electron chi connectivity index (χ3n) is 0. The van der Waals surface area contributed by atoms with Gasteiger partial charge >= 0.3 is 60.8 Å². The molecule has 0 heterocycles. The van der Waals surface area contributed by atoms with Crippen molar-refractivity contribution in [3.8, 4) is 0 Å². The molecule has 1 radical (unpaired) electrons. The zero-order valence-corrected chi connectivity index (χ0v) is 5.34. The van der Waals surface area contributed by atoms with Crippen LogP contribution < -0.4 is 0 Å². The fraction of sp³-hybridized carbons (Fsp3) is 0. The minimum Gasteiger partial charge on any atom is 0 e. The summed E-state index contributed by atoms with van der Waals surface area (Å²) in [5.41, 5.74) is 0. The molecule has 5 heavy (non-hydrogen) atoms. The summed E-state index contributed by atoms with van der Waals surface area (Å²) < 4.78 is 0. The molecule has 0 aromatic carbocycles. The Morgan fingerprint density at radius 1 is 1.00 bits per heavy atom. The molecule has 0 rings (SSSR count). The van der Waals surface area contributed by atoms with Crippen molar-refractivity contribution in [1.29, 1.82) is 0 Å². The normalized spacial score (nSPS) is 0. The predicted octanol–water partition coefficient (Wildman–Crippen LogP) is -3.02. The van der Waals surface area contributed by atoms with Gasteiger partial charge in [-0.3, -0.25) is 0 Å². The monoisotopic (exact) mass is 233 g/mol. The Morgan fingerprint density at radius 3 is 1.00 bits per heavy atom. The van der Waals surface area contributed by atoms with E-state index < -0.39 is 0 Å². The van der Waals surface area contributed by atoms with Crippen molar-refractivity contribution in [2.45, 2.75) is 0 Å². The summed E-state index contributed by atoms with van der Waals surface area (Å²) in [6.07, 6.45) is 0. The van der Waals surface area contributed by atoms with Gasteiger partial charge in [-0.15, -0.1) is 0 Å². The van der Waals surface area contributed by atoms with Gasteiger partial charge in [0, 0.05) is 52.0 Å². The van der Waals surface area contributed by atoms with Gasteiger partial charge in [0.05, 0.1) is 0 Å². The number of hydrogen-bond acceptors (Lipinski definition) is 0. The zero-order chi connectivity index (χ0) is 0. The quantitative estimate of drug-likeness (QED) is 0.392. The van der Waals surface area contributed by atoms with Crippen molar-refractivity contribution in [3.63, 3.8) is 0 Å². The van der Waals surface area contributed by atoms with Crippen LogP contribution in [0, 0.1) is 0 Å². The van der Waals surface area contributed by atoms with Crippen molar-refractivity contribution in [1.82, 2.24) is 0 Å². The standard InChI is InChI=1S/Al.Ca.Mg.Sc.Zr.7H. The minimum absolute atomic E-state index is 0. The van der Waals surface area contributed by atoms with Crippen molar-refractivity contribution in [2.75, 3.05) is 0 Å². The summed E-state index contributed by atoms with van der Waals surface area (Å²) in [5.74, 6) is 0. The summed E-state index contributed by atoms with van der Waals surface area (Å²) in [6.45, 7) is 0.